The Bertz CT molecular complexity index is 558. The lowest BCUT2D eigenvalue weighted by molar-refractivity contribution is -0.0865. The number of rotatable bonds is 14. The van der Waals surface area contributed by atoms with Crippen LogP contribution in [0.5, 0.6) is 0 Å². The van der Waals surface area contributed by atoms with E-state index in [0.717, 1.165) is 51.4 Å². The molecule has 2 nitrogen and oxygen atoms in total. The molecule has 0 saturated carbocycles. The third kappa shape index (κ3) is 7.21. The normalized spacial score (nSPS) is 21.4. The van der Waals surface area contributed by atoms with Crippen LogP contribution in [0, 0.1) is 32.5 Å². The first-order valence-corrected chi connectivity index (χ1v) is 13.6. The molecule has 0 radical (unpaired) electrons. The van der Waals surface area contributed by atoms with Crippen LogP contribution in [0.25, 0.3) is 0 Å². The number of aliphatic hydroxyl groups excluding tert-OH is 2. The molecule has 0 aromatic carbocycles. The summed E-state index contributed by atoms with van der Waals surface area (Å²) >= 11 is 0. The van der Waals surface area contributed by atoms with Gasteiger partial charge in [0.25, 0.3) is 0 Å². The molecule has 0 amide bonds. The van der Waals surface area contributed by atoms with Crippen molar-refractivity contribution in [1.82, 2.24) is 0 Å². The zero-order chi connectivity index (χ0) is 25.8. The molecule has 0 aliphatic carbocycles. The van der Waals surface area contributed by atoms with Crippen LogP contribution in [0.1, 0.15) is 148 Å². The number of hydrogen-bond acceptors (Lipinski definition) is 2. The van der Waals surface area contributed by atoms with Gasteiger partial charge in [-0.25, -0.2) is 0 Å². The van der Waals surface area contributed by atoms with E-state index < -0.39 is 0 Å². The Hall–Kier alpha value is -0.0800. The lowest BCUT2D eigenvalue weighted by Crippen LogP contribution is -2.47. The van der Waals surface area contributed by atoms with Gasteiger partial charge in [0.05, 0.1) is 12.2 Å². The maximum atomic E-state index is 11.4. The molecule has 5 unspecified atom stereocenters. The highest BCUT2D eigenvalue weighted by Gasteiger charge is 2.49. The van der Waals surface area contributed by atoms with Gasteiger partial charge >= 0.3 is 0 Å². The lowest BCUT2D eigenvalue weighted by atomic mass is 9.53. The predicted octanol–water partition coefficient (Wildman–Crippen LogP) is 9.03. The zero-order valence-electron chi connectivity index (χ0n) is 24.7. The first-order chi connectivity index (χ1) is 14.2. The van der Waals surface area contributed by atoms with Crippen molar-refractivity contribution in [3.8, 4) is 0 Å². The standard InChI is InChI=1S/C30H62O2/c1-15-26(8,9)21-24(32)27(10,11)28(12,16-2)19-20-29(13,17-3)30(14,18-4)22-23(31)25(5,6)7/h23-24,31-32H,15-22H2,1-14H3. The van der Waals surface area contributed by atoms with E-state index in [2.05, 4.69) is 96.9 Å². The molecule has 0 heterocycles. The van der Waals surface area contributed by atoms with Crippen molar-refractivity contribution in [3.63, 3.8) is 0 Å². The highest BCUT2D eigenvalue weighted by Crippen LogP contribution is 2.56. The third-order valence-corrected chi connectivity index (χ3v) is 10.8. The van der Waals surface area contributed by atoms with Gasteiger partial charge in [-0.1, -0.05) is 123 Å². The molecule has 0 aliphatic rings. The van der Waals surface area contributed by atoms with Gasteiger partial charge in [-0.2, -0.15) is 0 Å². The second kappa shape index (κ2) is 11.1. The summed E-state index contributed by atoms with van der Waals surface area (Å²) in [5.41, 5.74) is 0.193. The van der Waals surface area contributed by atoms with Crippen LogP contribution in [0.2, 0.25) is 0 Å². The summed E-state index contributed by atoms with van der Waals surface area (Å²) in [7, 11) is 0. The molecule has 0 aliphatic heterocycles. The Balaban J connectivity index is 5.84. The van der Waals surface area contributed by atoms with Gasteiger partial charge in [-0.3, -0.25) is 0 Å². The fourth-order valence-corrected chi connectivity index (χ4v) is 5.29. The second-order valence-electron chi connectivity index (χ2n) is 14.3. The predicted molar refractivity (Wildman–Crippen MR) is 143 cm³/mol. The van der Waals surface area contributed by atoms with Crippen molar-refractivity contribution in [1.29, 1.82) is 0 Å². The summed E-state index contributed by atoms with van der Waals surface area (Å²) in [4.78, 5) is 0. The van der Waals surface area contributed by atoms with Crippen LogP contribution in [-0.4, -0.2) is 22.4 Å². The van der Waals surface area contributed by atoms with E-state index >= 15 is 0 Å². The summed E-state index contributed by atoms with van der Waals surface area (Å²) in [5.74, 6) is 0. The van der Waals surface area contributed by atoms with E-state index in [0.29, 0.717) is 0 Å². The SMILES string of the molecule is CCC(C)(C)CC(O)C(C)(C)C(C)(CC)CCC(C)(CC)C(C)(CC)CC(O)C(C)(C)C. The second-order valence-corrected chi connectivity index (χ2v) is 14.3. The molecule has 0 aromatic rings. The van der Waals surface area contributed by atoms with Crippen LogP contribution in [0.15, 0.2) is 0 Å². The molecule has 0 aromatic heterocycles. The molecular weight excluding hydrogens is 392 g/mol. The van der Waals surface area contributed by atoms with Gasteiger partial charge < -0.3 is 10.2 Å². The minimum Gasteiger partial charge on any atom is -0.393 e. The van der Waals surface area contributed by atoms with E-state index in [-0.39, 0.29) is 44.7 Å². The largest absolute Gasteiger partial charge is 0.393 e. The molecule has 2 heteroatoms. The van der Waals surface area contributed by atoms with Crippen molar-refractivity contribution in [2.75, 3.05) is 0 Å². The van der Waals surface area contributed by atoms with Gasteiger partial charge in [0.1, 0.15) is 0 Å². The highest BCUT2D eigenvalue weighted by molar-refractivity contribution is 4.99. The monoisotopic (exact) mass is 454 g/mol. The average Bonchev–Trinajstić information content (AvgIpc) is 2.69. The number of hydrogen-bond donors (Lipinski definition) is 2. The maximum Gasteiger partial charge on any atom is 0.0601 e. The topological polar surface area (TPSA) is 40.5 Å². The average molecular weight is 455 g/mol. The molecule has 0 saturated heterocycles. The number of aliphatic hydroxyl groups is 2. The Kier molecular flexibility index (Phi) is 11.1. The first kappa shape index (κ1) is 31.9. The summed E-state index contributed by atoms with van der Waals surface area (Å²) in [5, 5.41) is 22.4. The van der Waals surface area contributed by atoms with E-state index in [9.17, 15) is 10.2 Å². The smallest absolute Gasteiger partial charge is 0.0601 e. The third-order valence-electron chi connectivity index (χ3n) is 10.8. The molecule has 0 spiro atoms. The fourth-order valence-electron chi connectivity index (χ4n) is 5.29. The Labute approximate surface area is 203 Å². The van der Waals surface area contributed by atoms with E-state index in [1.165, 1.54) is 0 Å². The van der Waals surface area contributed by atoms with Gasteiger partial charge in [0, 0.05) is 0 Å². The lowest BCUT2D eigenvalue weighted by Gasteiger charge is -2.53. The van der Waals surface area contributed by atoms with Gasteiger partial charge in [0.15, 0.2) is 0 Å². The minimum absolute atomic E-state index is 0.0595. The van der Waals surface area contributed by atoms with Crippen molar-refractivity contribution in [3.05, 3.63) is 0 Å². The van der Waals surface area contributed by atoms with Gasteiger partial charge in [-0.15, -0.1) is 0 Å². The summed E-state index contributed by atoms with van der Waals surface area (Å²) in [6.45, 7) is 32.0. The summed E-state index contributed by atoms with van der Waals surface area (Å²) in [6.07, 6.45) is 7.65. The Morgan fingerprint density at radius 3 is 1.25 bits per heavy atom. The summed E-state index contributed by atoms with van der Waals surface area (Å²) < 4.78 is 0. The van der Waals surface area contributed by atoms with E-state index in [1.807, 2.05) is 0 Å². The van der Waals surface area contributed by atoms with E-state index in [4.69, 9.17) is 0 Å². The fraction of sp³-hybridized carbons (Fsp3) is 1.00. The quantitative estimate of drug-likeness (QED) is 0.275. The zero-order valence-corrected chi connectivity index (χ0v) is 24.7. The van der Waals surface area contributed by atoms with Crippen molar-refractivity contribution >= 4 is 0 Å². The van der Waals surface area contributed by atoms with Gasteiger partial charge in [-0.05, 0) is 58.2 Å². The molecule has 32 heavy (non-hydrogen) atoms. The van der Waals surface area contributed by atoms with Crippen molar-refractivity contribution < 1.29 is 10.2 Å². The maximum absolute atomic E-state index is 11.4. The van der Waals surface area contributed by atoms with Crippen molar-refractivity contribution in [2.24, 2.45) is 32.5 Å². The van der Waals surface area contributed by atoms with Crippen LogP contribution in [0.3, 0.4) is 0 Å². The van der Waals surface area contributed by atoms with E-state index in [1.54, 1.807) is 0 Å². The first-order valence-electron chi connectivity index (χ1n) is 13.6. The molecule has 5 atom stereocenters. The summed E-state index contributed by atoms with van der Waals surface area (Å²) in [6, 6.07) is 0. The molecular formula is C30H62O2. The van der Waals surface area contributed by atoms with Crippen LogP contribution in [0.4, 0.5) is 0 Å². The van der Waals surface area contributed by atoms with Crippen LogP contribution < -0.4 is 0 Å². The molecule has 2 N–H and O–H groups in total. The molecule has 0 rings (SSSR count). The Morgan fingerprint density at radius 1 is 0.500 bits per heavy atom. The Morgan fingerprint density at radius 2 is 0.906 bits per heavy atom. The van der Waals surface area contributed by atoms with Crippen molar-refractivity contribution in [2.45, 2.75) is 161 Å². The van der Waals surface area contributed by atoms with Gasteiger partial charge in [0.2, 0.25) is 0 Å². The minimum atomic E-state index is -0.310. The molecule has 194 valence electrons. The molecule has 0 fully saturated rings. The van der Waals surface area contributed by atoms with Crippen LogP contribution in [-0.2, 0) is 0 Å². The van der Waals surface area contributed by atoms with Crippen LogP contribution >= 0.6 is 0 Å². The highest BCUT2D eigenvalue weighted by atomic mass is 16.3. The molecule has 0 bridgehead atoms.